The number of phenols is 1. The normalized spacial score (nSPS) is 9.79. The van der Waals surface area contributed by atoms with E-state index in [1.807, 2.05) is 0 Å². The number of phenolic OH excluding ortho intramolecular Hbond substituents is 1. The zero-order valence-corrected chi connectivity index (χ0v) is 7.56. The second-order valence-electron chi connectivity index (χ2n) is 2.85. The first-order valence-corrected chi connectivity index (χ1v) is 3.97. The van der Waals surface area contributed by atoms with Crippen LogP contribution in [0.5, 0.6) is 5.75 Å². The second-order valence-corrected chi connectivity index (χ2v) is 2.85. The Labute approximate surface area is 80.1 Å². The minimum absolute atomic E-state index is 0.0602. The molecule has 0 aliphatic carbocycles. The highest BCUT2D eigenvalue weighted by molar-refractivity contribution is 5.61. The number of hydrogen-bond acceptors (Lipinski definition) is 4. The molecule has 14 heavy (non-hydrogen) atoms. The zero-order valence-electron chi connectivity index (χ0n) is 7.56. The van der Waals surface area contributed by atoms with Crippen LogP contribution in [0.15, 0.2) is 12.1 Å². The summed E-state index contributed by atoms with van der Waals surface area (Å²) in [5, 5.41) is 20.0. The SMILES string of the molecule is Cc1c([N+](=O)[O-])ccc(CC=O)c1O. The summed E-state index contributed by atoms with van der Waals surface area (Å²) in [5.41, 5.74) is 0.453. The van der Waals surface area contributed by atoms with E-state index in [-0.39, 0.29) is 23.4 Å². The predicted octanol–water partition coefficient (Wildman–Crippen LogP) is 1.35. The first-order valence-electron chi connectivity index (χ1n) is 3.97. The molecule has 74 valence electrons. The molecule has 0 aliphatic heterocycles. The fraction of sp³-hybridized carbons (Fsp3) is 0.222. The molecule has 1 N–H and O–H groups in total. The number of carbonyl (C=O) groups excluding carboxylic acids is 1. The first kappa shape index (κ1) is 10.2. The molecular weight excluding hydrogens is 186 g/mol. The number of aromatic hydroxyl groups is 1. The van der Waals surface area contributed by atoms with Crippen molar-refractivity contribution >= 4 is 12.0 Å². The fourth-order valence-electron chi connectivity index (χ4n) is 1.20. The number of nitrogens with zero attached hydrogens (tertiary/aromatic N) is 1. The lowest BCUT2D eigenvalue weighted by atomic mass is 10.1. The molecule has 0 unspecified atom stereocenters. The average molecular weight is 195 g/mol. The quantitative estimate of drug-likeness (QED) is 0.448. The standard InChI is InChI=1S/C9H9NO4/c1-6-8(10(13)14)3-2-7(4-5-11)9(6)12/h2-3,5,12H,4H2,1H3. The molecule has 5 heteroatoms. The van der Waals surface area contributed by atoms with E-state index in [0.29, 0.717) is 11.8 Å². The van der Waals surface area contributed by atoms with Gasteiger partial charge in [0.05, 0.1) is 10.5 Å². The van der Waals surface area contributed by atoms with E-state index in [0.717, 1.165) is 0 Å². The summed E-state index contributed by atoms with van der Waals surface area (Å²) in [7, 11) is 0. The van der Waals surface area contributed by atoms with Crippen LogP contribution in [0.1, 0.15) is 11.1 Å². The average Bonchev–Trinajstić information content (AvgIpc) is 2.13. The molecule has 5 nitrogen and oxygen atoms in total. The summed E-state index contributed by atoms with van der Waals surface area (Å²) in [5.74, 6) is -0.175. The highest BCUT2D eigenvalue weighted by atomic mass is 16.6. The Bertz CT molecular complexity index is 387. The lowest BCUT2D eigenvalue weighted by Crippen LogP contribution is -1.95. The van der Waals surface area contributed by atoms with Crippen molar-refractivity contribution in [2.24, 2.45) is 0 Å². The summed E-state index contributed by atoms with van der Waals surface area (Å²) in [6, 6.07) is 2.67. The first-order chi connectivity index (χ1) is 6.57. The van der Waals surface area contributed by atoms with E-state index in [2.05, 4.69) is 0 Å². The summed E-state index contributed by atoms with van der Waals surface area (Å²) in [4.78, 5) is 20.1. The van der Waals surface area contributed by atoms with Gasteiger partial charge in [-0.25, -0.2) is 0 Å². The third-order valence-corrected chi connectivity index (χ3v) is 1.99. The van der Waals surface area contributed by atoms with Crippen molar-refractivity contribution < 1.29 is 14.8 Å². The largest absolute Gasteiger partial charge is 0.507 e. The summed E-state index contributed by atoms with van der Waals surface area (Å²) in [6.45, 7) is 1.45. The monoisotopic (exact) mass is 195 g/mol. The third-order valence-electron chi connectivity index (χ3n) is 1.99. The van der Waals surface area contributed by atoms with Crippen LogP contribution in [0.3, 0.4) is 0 Å². The van der Waals surface area contributed by atoms with Gasteiger partial charge in [-0.15, -0.1) is 0 Å². The molecule has 0 fully saturated rings. The van der Waals surface area contributed by atoms with Gasteiger partial charge in [-0.2, -0.15) is 0 Å². The van der Waals surface area contributed by atoms with Gasteiger partial charge in [-0.05, 0) is 13.0 Å². The Morgan fingerprint density at radius 2 is 2.21 bits per heavy atom. The van der Waals surface area contributed by atoms with Crippen molar-refractivity contribution in [2.45, 2.75) is 13.3 Å². The molecule has 0 saturated carbocycles. The van der Waals surface area contributed by atoms with Crippen LogP contribution in [-0.2, 0) is 11.2 Å². The summed E-state index contributed by atoms with van der Waals surface area (Å²) >= 11 is 0. The topological polar surface area (TPSA) is 80.4 Å². The van der Waals surface area contributed by atoms with Gasteiger partial charge >= 0.3 is 0 Å². The van der Waals surface area contributed by atoms with Crippen molar-refractivity contribution in [3.05, 3.63) is 33.4 Å². The Kier molecular flexibility index (Phi) is 2.81. The van der Waals surface area contributed by atoms with E-state index in [9.17, 15) is 20.0 Å². The number of rotatable bonds is 3. The van der Waals surface area contributed by atoms with E-state index in [1.165, 1.54) is 19.1 Å². The molecule has 1 aromatic carbocycles. The predicted molar refractivity (Wildman–Crippen MR) is 49.3 cm³/mol. The molecule has 0 aliphatic rings. The molecule has 1 aromatic rings. The number of benzene rings is 1. The van der Waals surface area contributed by atoms with Gasteiger partial charge in [0.25, 0.3) is 5.69 Å². The summed E-state index contributed by atoms with van der Waals surface area (Å²) < 4.78 is 0. The molecule has 0 atom stereocenters. The molecule has 0 spiro atoms. The molecule has 0 heterocycles. The van der Waals surface area contributed by atoms with Gasteiger partial charge in [-0.1, -0.05) is 0 Å². The van der Waals surface area contributed by atoms with Crippen molar-refractivity contribution in [3.63, 3.8) is 0 Å². The van der Waals surface area contributed by atoms with Crippen LogP contribution >= 0.6 is 0 Å². The molecule has 0 amide bonds. The maximum Gasteiger partial charge on any atom is 0.276 e. The van der Waals surface area contributed by atoms with Crippen molar-refractivity contribution in [1.29, 1.82) is 0 Å². The molecule has 1 rings (SSSR count). The van der Waals surface area contributed by atoms with Crippen LogP contribution in [0.25, 0.3) is 0 Å². The lowest BCUT2D eigenvalue weighted by molar-refractivity contribution is -0.385. The maximum absolute atomic E-state index is 10.5. The van der Waals surface area contributed by atoms with Crippen LogP contribution in [-0.4, -0.2) is 16.3 Å². The van der Waals surface area contributed by atoms with Gasteiger partial charge in [0.1, 0.15) is 12.0 Å². The van der Waals surface area contributed by atoms with Crippen LogP contribution in [0, 0.1) is 17.0 Å². The molecule has 0 bridgehead atoms. The van der Waals surface area contributed by atoms with Gasteiger partial charge in [0.15, 0.2) is 0 Å². The maximum atomic E-state index is 10.5. The van der Waals surface area contributed by atoms with Gasteiger partial charge < -0.3 is 9.90 Å². The van der Waals surface area contributed by atoms with Crippen molar-refractivity contribution in [2.75, 3.05) is 0 Å². The number of carbonyl (C=O) groups is 1. The number of nitro benzene ring substituents is 1. The van der Waals surface area contributed by atoms with Gasteiger partial charge in [0.2, 0.25) is 0 Å². The molecule has 0 radical (unpaired) electrons. The van der Waals surface area contributed by atoms with Crippen molar-refractivity contribution in [1.82, 2.24) is 0 Å². The lowest BCUT2D eigenvalue weighted by Gasteiger charge is -2.04. The Balaban J connectivity index is 3.25. The Morgan fingerprint density at radius 3 is 2.71 bits per heavy atom. The molecular formula is C9H9NO4. The Morgan fingerprint density at radius 1 is 1.57 bits per heavy atom. The smallest absolute Gasteiger partial charge is 0.276 e. The minimum Gasteiger partial charge on any atom is -0.507 e. The second kappa shape index (κ2) is 3.87. The number of nitro groups is 1. The van der Waals surface area contributed by atoms with Gasteiger partial charge in [0, 0.05) is 18.1 Å². The molecule has 0 saturated heterocycles. The van der Waals surface area contributed by atoms with Crippen LogP contribution in [0.4, 0.5) is 5.69 Å². The van der Waals surface area contributed by atoms with Gasteiger partial charge in [-0.3, -0.25) is 10.1 Å². The highest BCUT2D eigenvalue weighted by Gasteiger charge is 2.16. The van der Waals surface area contributed by atoms with E-state index < -0.39 is 4.92 Å². The van der Waals surface area contributed by atoms with E-state index >= 15 is 0 Å². The van der Waals surface area contributed by atoms with Crippen LogP contribution in [0.2, 0.25) is 0 Å². The number of aldehydes is 1. The fourth-order valence-corrected chi connectivity index (χ4v) is 1.20. The minimum atomic E-state index is -0.570. The third kappa shape index (κ3) is 1.71. The Hall–Kier alpha value is -1.91. The highest BCUT2D eigenvalue weighted by Crippen LogP contribution is 2.29. The molecule has 0 aromatic heterocycles. The van der Waals surface area contributed by atoms with E-state index in [4.69, 9.17) is 0 Å². The van der Waals surface area contributed by atoms with Crippen molar-refractivity contribution in [3.8, 4) is 5.75 Å². The van der Waals surface area contributed by atoms with E-state index in [1.54, 1.807) is 0 Å². The number of hydrogen-bond donors (Lipinski definition) is 1. The zero-order chi connectivity index (χ0) is 10.7. The van der Waals surface area contributed by atoms with Crippen LogP contribution < -0.4 is 0 Å². The summed E-state index contributed by atoms with van der Waals surface area (Å²) in [6.07, 6.45) is 0.699.